The largest absolute Gasteiger partial charge is 0.332 e. The first-order valence-electron chi connectivity index (χ1n) is 7.98. The Labute approximate surface area is 167 Å². The normalized spacial score (nSPS) is 10.9. The van der Waals surface area contributed by atoms with Crippen molar-refractivity contribution in [3.8, 4) is 28.7 Å². The second kappa shape index (κ2) is 7.50. The third kappa shape index (κ3) is 3.72. The van der Waals surface area contributed by atoms with Gasteiger partial charge in [-0.25, -0.2) is 4.68 Å². The fraction of sp³-hybridized carbons (Fsp3) is 0.0526. The molecule has 134 valence electrons. The zero-order valence-corrected chi connectivity index (χ0v) is 16.6. The molecule has 6 nitrogen and oxygen atoms in total. The third-order valence-electron chi connectivity index (χ3n) is 3.86. The number of hydrogen-bond donors (Lipinski definition) is 0. The van der Waals surface area contributed by atoms with Gasteiger partial charge in [-0.1, -0.05) is 27.2 Å². The highest BCUT2D eigenvalue weighted by atomic mass is 79.9. The topological polar surface area (TPSA) is 73.8 Å². The Hall–Kier alpha value is -2.71. The average Bonchev–Trinajstić information content (AvgIpc) is 3.18. The number of thioether (sulfide) groups is 1. The van der Waals surface area contributed by atoms with Gasteiger partial charge >= 0.3 is 0 Å². The molecule has 2 heterocycles. The summed E-state index contributed by atoms with van der Waals surface area (Å²) in [5.74, 6) is 0.505. The van der Waals surface area contributed by atoms with E-state index in [1.165, 1.54) is 6.07 Å². The molecule has 0 N–H and O–H groups in total. The Bertz CT molecular complexity index is 1150. The molecule has 0 aliphatic heterocycles. The fourth-order valence-electron chi connectivity index (χ4n) is 2.50. The molecule has 0 aliphatic carbocycles. The zero-order chi connectivity index (χ0) is 18.8. The van der Waals surface area contributed by atoms with Crippen LogP contribution in [0.3, 0.4) is 0 Å². The molecular weight excluding hydrogens is 428 g/mol. The molecule has 0 fully saturated rings. The minimum absolute atomic E-state index is 0.0910. The van der Waals surface area contributed by atoms with E-state index in [0.717, 1.165) is 20.6 Å². The van der Waals surface area contributed by atoms with Gasteiger partial charge in [0.2, 0.25) is 11.3 Å². The molecule has 0 saturated carbocycles. The highest BCUT2D eigenvalue weighted by molar-refractivity contribution is 9.10. The van der Waals surface area contributed by atoms with Gasteiger partial charge in [-0.05, 0) is 48.7 Å². The number of nitrogens with zero attached hydrogens (tertiary/aromatic N) is 4. The van der Waals surface area contributed by atoms with Gasteiger partial charge < -0.3 is 4.52 Å². The van der Waals surface area contributed by atoms with E-state index < -0.39 is 0 Å². The predicted octanol–water partition coefficient (Wildman–Crippen LogP) is 4.43. The molecular formula is C19H13BrN4O2S. The quantitative estimate of drug-likeness (QED) is 0.436. The van der Waals surface area contributed by atoms with Crippen LogP contribution in [0.1, 0.15) is 0 Å². The van der Waals surface area contributed by atoms with Crippen molar-refractivity contribution in [2.45, 2.75) is 4.90 Å². The summed E-state index contributed by atoms with van der Waals surface area (Å²) in [5, 5.41) is 8.36. The Morgan fingerprint density at radius 3 is 2.67 bits per heavy atom. The van der Waals surface area contributed by atoms with E-state index in [1.54, 1.807) is 22.6 Å². The van der Waals surface area contributed by atoms with Crippen LogP contribution in [0.15, 0.2) is 79.5 Å². The first kappa shape index (κ1) is 17.7. The number of benzene rings is 2. The molecule has 2 aromatic carbocycles. The van der Waals surface area contributed by atoms with Crippen molar-refractivity contribution in [3.05, 3.63) is 75.5 Å². The lowest BCUT2D eigenvalue weighted by Crippen LogP contribution is -2.12. The Morgan fingerprint density at radius 2 is 1.93 bits per heavy atom. The van der Waals surface area contributed by atoms with E-state index in [2.05, 4.69) is 31.2 Å². The molecule has 27 heavy (non-hydrogen) atoms. The summed E-state index contributed by atoms with van der Waals surface area (Å²) in [4.78, 5) is 17.8. The van der Waals surface area contributed by atoms with Crippen molar-refractivity contribution in [2.75, 3.05) is 6.26 Å². The Balaban J connectivity index is 1.72. The summed E-state index contributed by atoms with van der Waals surface area (Å²) in [5.41, 5.74) is 1.44. The van der Waals surface area contributed by atoms with Crippen LogP contribution in [0.2, 0.25) is 0 Å². The van der Waals surface area contributed by atoms with Crippen LogP contribution < -0.4 is 5.43 Å². The van der Waals surface area contributed by atoms with Gasteiger partial charge in [0.15, 0.2) is 5.69 Å². The van der Waals surface area contributed by atoms with Gasteiger partial charge in [0.05, 0.1) is 5.69 Å². The smallest absolute Gasteiger partial charge is 0.282 e. The summed E-state index contributed by atoms with van der Waals surface area (Å²) in [6, 6.07) is 16.8. The third-order valence-corrected chi connectivity index (χ3v) is 5.09. The van der Waals surface area contributed by atoms with E-state index in [9.17, 15) is 4.79 Å². The maximum absolute atomic E-state index is 12.3. The van der Waals surface area contributed by atoms with Crippen molar-refractivity contribution >= 4 is 27.7 Å². The number of hydrogen-bond acceptors (Lipinski definition) is 6. The molecule has 0 radical (unpaired) electrons. The molecule has 0 spiro atoms. The lowest BCUT2D eigenvalue weighted by Gasteiger charge is -2.06. The molecule has 8 heteroatoms. The molecule has 0 aliphatic rings. The molecule has 0 bridgehead atoms. The second-order valence-electron chi connectivity index (χ2n) is 5.60. The minimum atomic E-state index is -0.283. The maximum Gasteiger partial charge on any atom is 0.282 e. The maximum atomic E-state index is 12.3. The molecule has 0 amide bonds. The molecule has 4 aromatic rings. The zero-order valence-electron chi connectivity index (χ0n) is 14.2. The lowest BCUT2D eigenvalue weighted by molar-refractivity contribution is 0.429. The van der Waals surface area contributed by atoms with Gasteiger partial charge in [-0.2, -0.15) is 10.1 Å². The van der Waals surface area contributed by atoms with Crippen LogP contribution in [-0.2, 0) is 0 Å². The van der Waals surface area contributed by atoms with Crippen LogP contribution in [-0.4, -0.2) is 26.2 Å². The van der Waals surface area contributed by atoms with Crippen LogP contribution >= 0.6 is 27.7 Å². The molecule has 2 aromatic heterocycles. The second-order valence-corrected chi connectivity index (χ2v) is 7.40. The molecule has 4 rings (SSSR count). The summed E-state index contributed by atoms with van der Waals surface area (Å²) in [6.07, 6.45) is 3.62. The fourth-order valence-corrected chi connectivity index (χ4v) is 3.29. The number of aromatic nitrogens is 4. The van der Waals surface area contributed by atoms with E-state index in [-0.39, 0.29) is 17.0 Å². The molecule has 0 atom stereocenters. The van der Waals surface area contributed by atoms with E-state index >= 15 is 0 Å². The number of rotatable bonds is 4. The van der Waals surface area contributed by atoms with E-state index in [0.29, 0.717) is 5.82 Å². The van der Waals surface area contributed by atoms with Crippen molar-refractivity contribution in [1.29, 1.82) is 0 Å². The summed E-state index contributed by atoms with van der Waals surface area (Å²) in [7, 11) is 0. The lowest BCUT2D eigenvalue weighted by atomic mass is 10.2. The molecule has 0 saturated heterocycles. The van der Waals surface area contributed by atoms with Crippen LogP contribution in [0, 0.1) is 0 Å². The van der Waals surface area contributed by atoms with Crippen LogP contribution in [0.5, 0.6) is 0 Å². The SMILES string of the molecule is CSc1ccc(-c2noc(-c3nn(-c4cccc(Br)c4)ccc3=O)n2)cc1. The average molecular weight is 441 g/mol. The predicted molar refractivity (Wildman–Crippen MR) is 108 cm³/mol. The van der Waals surface area contributed by atoms with E-state index in [1.807, 2.05) is 54.8 Å². The van der Waals surface area contributed by atoms with Crippen LogP contribution in [0.4, 0.5) is 0 Å². The highest BCUT2D eigenvalue weighted by Crippen LogP contribution is 2.23. The van der Waals surface area contributed by atoms with Gasteiger partial charge in [0.1, 0.15) is 0 Å². The van der Waals surface area contributed by atoms with Crippen molar-refractivity contribution in [3.63, 3.8) is 0 Å². The first-order chi connectivity index (χ1) is 13.1. The highest BCUT2D eigenvalue weighted by Gasteiger charge is 2.16. The van der Waals surface area contributed by atoms with Crippen molar-refractivity contribution in [2.24, 2.45) is 0 Å². The van der Waals surface area contributed by atoms with Gasteiger partial charge in [-0.15, -0.1) is 11.8 Å². The Kier molecular flexibility index (Phi) is 4.91. The standard InChI is InChI=1S/C19H13BrN4O2S/c1-27-15-7-5-12(6-8-15)18-21-19(26-23-18)17-16(25)9-10-24(22-17)14-4-2-3-13(20)11-14/h2-11H,1H3. The summed E-state index contributed by atoms with van der Waals surface area (Å²) < 4.78 is 7.81. The molecule has 0 unspecified atom stereocenters. The van der Waals surface area contributed by atoms with Gasteiger partial charge in [0, 0.05) is 27.2 Å². The summed E-state index contributed by atoms with van der Waals surface area (Å²) in [6.45, 7) is 0. The van der Waals surface area contributed by atoms with Crippen molar-refractivity contribution < 1.29 is 4.52 Å². The Morgan fingerprint density at radius 1 is 1.11 bits per heavy atom. The number of halogens is 1. The van der Waals surface area contributed by atoms with Gasteiger partial charge in [0.25, 0.3) is 5.89 Å². The summed E-state index contributed by atoms with van der Waals surface area (Å²) >= 11 is 5.09. The van der Waals surface area contributed by atoms with Crippen LogP contribution in [0.25, 0.3) is 28.7 Å². The monoisotopic (exact) mass is 440 g/mol. The van der Waals surface area contributed by atoms with Gasteiger partial charge in [-0.3, -0.25) is 4.79 Å². The van der Waals surface area contributed by atoms with E-state index in [4.69, 9.17) is 4.52 Å². The first-order valence-corrected chi connectivity index (χ1v) is 10.0. The minimum Gasteiger partial charge on any atom is -0.332 e. The van der Waals surface area contributed by atoms with Crippen molar-refractivity contribution in [1.82, 2.24) is 19.9 Å².